The Morgan fingerprint density at radius 1 is 1.05 bits per heavy atom. The molecule has 1 unspecified atom stereocenters. The van der Waals surface area contributed by atoms with Crippen molar-refractivity contribution in [3.8, 4) is 0 Å². The van der Waals surface area contributed by atoms with E-state index in [1.807, 2.05) is 57.1 Å². The van der Waals surface area contributed by atoms with Gasteiger partial charge in [0.05, 0.1) is 11.5 Å². The van der Waals surface area contributed by atoms with Crippen LogP contribution in [-0.2, 0) is 24.2 Å². The van der Waals surface area contributed by atoms with Crippen LogP contribution in [0, 0.1) is 0 Å². The molecule has 0 amide bonds. The molecule has 44 heavy (non-hydrogen) atoms. The normalized spacial score (nSPS) is 22.9. The van der Waals surface area contributed by atoms with E-state index in [2.05, 4.69) is 25.0 Å². The SMILES string of the molecule is CN(C)c1cccc2c(S(=O)(=O)NCCCCNc3nc4c(N)ncnc4n3[C@@H]3O[C@H](CO)C4OC(C)(C)O[C@@H]43)cccc12. The summed E-state index contributed by atoms with van der Waals surface area (Å²) in [6, 6.07) is 11.0. The van der Waals surface area contributed by atoms with Crippen LogP contribution in [0.25, 0.3) is 21.9 Å². The molecule has 4 atom stereocenters. The molecule has 4 heterocycles. The summed E-state index contributed by atoms with van der Waals surface area (Å²) in [5, 5.41) is 14.8. The van der Waals surface area contributed by atoms with Crippen molar-refractivity contribution in [1.29, 1.82) is 0 Å². The number of unbranched alkanes of at least 4 members (excludes halogenated alkanes) is 1. The van der Waals surface area contributed by atoms with Crippen LogP contribution in [0.4, 0.5) is 17.5 Å². The summed E-state index contributed by atoms with van der Waals surface area (Å²) in [7, 11) is 0.131. The molecule has 2 aliphatic rings. The van der Waals surface area contributed by atoms with Gasteiger partial charge in [0.2, 0.25) is 16.0 Å². The van der Waals surface area contributed by atoms with Crippen LogP contribution in [0.1, 0.15) is 32.9 Å². The lowest BCUT2D eigenvalue weighted by Gasteiger charge is -2.25. The highest BCUT2D eigenvalue weighted by molar-refractivity contribution is 7.89. The molecule has 0 aliphatic carbocycles. The van der Waals surface area contributed by atoms with Crippen LogP contribution in [0.3, 0.4) is 0 Å². The molecular formula is C29H38N8O6S. The van der Waals surface area contributed by atoms with E-state index in [0.717, 1.165) is 11.1 Å². The quantitative estimate of drug-likeness (QED) is 0.179. The van der Waals surface area contributed by atoms with Crippen molar-refractivity contribution in [3.63, 3.8) is 0 Å². The van der Waals surface area contributed by atoms with E-state index in [0.29, 0.717) is 41.9 Å². The third-order valence-electron chi connectivity index (χ3n) is 7.87. The van der Waals surface area contributed by atoms with Gasteiger partial charge in [0.15, 0.2) is 29.0 Å². The molecule has 236 valence electrons. The summed E-state index contributed by atoms with van der Waals surface area (Å²) in [6.45, 7) is 4.13. The van der Waals surface area contributed by atoms with Crippen molar-refractivity contribution < 1.29 is 27.7 Å². The second kappa shape index (κ2) is 11.7. The number of aliphatic hydroxyl groups is 1. The number of hydrogen-bond donors (Lipinski definition) is 4. The Labute approximate surface area is 255 Å². The lowest BCUT2D eigenvalue weighted by atomic mass is 10.1. The van der Waals surface area contributed by atoms with Crippen molar-refractivity contribution in [1.82, 2.24) is 24.2 Å². The molecule has 2 saturated heterocycles. The van der Waals surface area contributed by atoms with Crippen molar-refractivity contribution in [2.24, 2.45) is 0 Å². The smallest absolute Gasteiger partial charge is 0.241 e. The first-order chi connectivity index (χ1) is 21.0. The highest BCUT2D eigenvalue weighted by atomic mass is 32.2. The van der Waals surface area contributed by atoms with Crippen LogP contribution in [0.15, 0.2) is 47.6 Å². The number of nitrogens with two attached hydrogens (primary N) is 1. The van der Waals surface area contributed by atoms with Crippen molar-refractivity contribution >= 4 is 49.4 Å². The van der Waals surface area contributed by atoms with Gasteiger partial charge in [-0.05, 0) is 38.8 Å². The highest BCUT2D eigenvalue weighted by Crippen LogP contribution is 2.45. The minimum atomic E-state index is -3.73. The van der Waals surface area contributed by atoms with Gasteiger partial charge in [-0.25, -0.2) is 28.1 Å². The van der Waals surface area contributed by atoms with Crippen LogP contribution in [0.2, 0.25) is 0 Å². The minimum absolute atomic E-state index is 0.217. The first-order valence-electron chi connectivity index (χ1n) is 14.5. The number of nitrogens with zero attached hydrogens (tertiary/aromatic N) is 5. The zero-order chi connectivity index (χ0) is 31.2. The number of nitrogens with one attached hydrogen (secondary N) is 2. The van der Waals surface area contributed by atoms with Crippen LogP contribution >= 0.6 is 0 Å². The maximum absolute atomic E-state index is 13.3. The summed E-state index contributed by atoms with van der Waals surface area (Å²) in [4.78, 5) is 15.3. The zero-order valence-corrected chi connectivity index (χ0v) is 25.9. The van der Waals surface area contributed by atoms with Gasteiger partial charge in [-0.15, -0.1) is 0 Å². The maximum atomic E-state index is 13.3. The van der Waals surface area contributed by atoms with E-state index >= 15 is 0 Å². The number of hydrogen-bond acceptors (Lipinski definition) is 12. The summed E-state index contributed by atoms with van der Waals surface area (Å²) >= 11 is 0. The second-order valence-electron chi connectivity index (χ2n) is 11.6. The molecular weight excluding hydrogens is 588 g/mol. The number of aromatic nitrogens is 4. The predicted octanol–water partition coefficient (Wildman–Crippen LogP) is 2.21. The molecule has 2 aliphatic heterocycles. The second-order valence-corrected chi connectivity index (χ2v) is 13.3. The monoisotopic (exact) mass is 626 g/mol. The number of sulfonamides is 1. The number of anilines is 3. The van der Waals surface area contributed by atoms with Crippen LogP contribution in [-0.4, -0.2) is 90.9 Å². The molecule has 15 heteroatoms. The Morgan fingerprint density at radius 3 is 2.55 bits per heavy atom. The molecule has 0 bridgehead atoms. The van der Waals surface area contributed by atoms with E-state index in [1.165, 1.54) is 6.33 Å². The van der Waals surface area contributed by atoms with Gasteiger partial charge in [-0.3, -0.25) is 4.57 Å². The number of benzene rings is 2. The molecule has 6 rings (SSSR count). The molecule has 2 aromatic carbocycles. The van der Waals surface area contributed by atoms with E-state index in [1.54, 1.807) is 16.7 Å². The standard InChI is InChI=1S/C29H38N8O6S/c1-29(2)42-23-20(15-38)41-27(24(23)43-29)37-26-22(25(30)32-16-33-26)35-28(37)31-13-5-6-14-34-44(39,40)21-12-8-9-17-18(21)10-7-11-19(17)36(3)4/h7-12,16,20,23-24,27,34,38H,5-6,13-15H2,1-4H3,(H,31,35)(H2,30,32,33)/t20-,23?,24+,27-/m1/s1. The van der Waals surface area contributed by atoms with Crippen molar-refractivity contribution in [2.75, 3.05) is 49.7 Å². The third-order valence-corrected chi connectivity index (χ3v) is 9.39. The summed E-state index contributed by atoms with van der Waals surface area (Å²) in [5.41, 5.74) is 7.93. The molecule has 0 saturated carbocycles. The first-order valence-corrected chi connectivity index (χ1v) is 16.0. The molecule has 4 aromatic rings. The lowest BCUT2D eigenvalue weighted by Crippen LogP contribution is -2.31. The minimum Gasteiger partial charge on any atom is -0.394 e. The number of nitrogen functional groups attached to an aromatic ring is 1. The predicted molar refractivity (Wildman–Crippen MR) is 166 cm³/mol. The molecule has 0 radical (unpaired) electrons. The fourth-order valence-corrected chi connectivity index (χ4v) is 7.22. The van der Waals surface area contributed by atoms with Gasteiger partial charge in [0.25, 0.3) is 0 Å². The Morgan fingerprint density at radius 2 is 1.77 bits per heavy atom. The lowest BCUT2D eigenvalue weighted by molar-refractivity contribution is -0.199. The largest absolute Gasteiger partial charge is 0.394 e. The van der Waals surface area contributed by atoms with Gasteiger partial charge in [-0.2, -0.15) is 0 Å². The van der Waals surface area contributed by atoms with Gasteiger partial charge >= 0.3 is 0 Å². The molecule has 14 nitrogen and oxygen atoms in total. The highest BCUT2D eigenvalue weighted by Gasteiger charge is 2.56. The maximum Gasteiger partial charge on any atom is 0.241 e. The Balaban J connectivity index is 1.14. The van der Waals surface area contributed by atoms with Gasteiger partial charge in [-0.1, -0.05) is 24.3 Å². The van der Waals surface area contributed by atoms with Gasteiger partial charge in [0.1, 0.15) is 24.6 Å². The van der Waals surface area contributed by atoms with Gasteiger partial charge in [0, 0.05) is 43.6 Å². The Hall–Kier alpha value is -3.60. The molecule has 2 aromatic heterocycles. The van der Waals surface area contributed by atoms with Crippen LogP contribution in [0.5, 0.6) is 0 Å². The average molecular weight is 627 g/mol. The van der Waals surface area contributed by atoms with Gasteiger partial charge < -0.3 is 35.3 Å². The van der Waals surface area contributed by atoms with Crippen molar-refractivity contribution in [3.05, 3.63) is 42.7 Å². The van der Waals surface area contributed by atoms with Crippen LogP contribution < -0.4 is 20.7 Å². The summed E-state index contributed by atoms with van der Waals surface area (Å²) in [5.74, 6) is -0.193. The Kier molecular flexibility index (Phi) is 8.11. The number of ether oxygens (including phenoxy) is 3. The fourth-order valence-electron chi connectivity index (χ4n) is 5.93. The summed E-state index contributed by atoms with van der Waals surface area (Å²) < 4.78 is 49.4. The number of rotatable bonds is 11. The third kappa shape index (κ3) is 5.55. The number of aliphatic hydroxyl groups excluding tert-OH is 1. The van der Waals surface area contributed by atoms with E-state index in [-0.39, 0.29) is 23.9 Å². The van der Waals surface area contributed by atoms with E-state index < -0.39 is 40.4 Å². The van der Waals surface area contributed by atoms with E-state index in [9.17, 15) is 13.5 Å². The molecule has 5 N–H and O–H groups in total. The zero-order valence-electron chi connectivity index (χ0n) is 25.1. The fraction of sp³-hybridized carbons (Fsp3) is 0.483. The average Bonchev–Trinajstić information content (AvgIpc) is 3.62. The topological polar surface area (TPSA) is 179 Å². The Bertz CT molecular complexity index is 1780. The first kappa shape index (κ1) is 30.4. The molecule has 2 fully saturated rings. The van der Waals surface area contributed by atoms with Crippen molar-refractivity contribution in [2.45, 2.75) is 61.9 Å². The molecule has 0 spiro atoms. The summed E-state index contributed by atoms with van der Waals surface area (Å²) in [6.07, 6.45) is 0.278. The number of fused-ring (bicyclic) bond motifs is 3. The van der Waals surface area contributed by atoms with E-state index in [4.69, 9.17) is 19.9 Å². The number of imidazole rings is 1.